The van der Waals surface area contributed by atoms with Gasteiger partial charge < -0.3 is 11.5 Å². The molecule has 0 heterocycles. The van der Waals surface area contributed by atoms with E-state index in [9.17, 15) is 9.59 Å². The van der Waals surface area contributed by atoms with Crippen LogP contribution >= 0.6 is 0 Å². The van der Waals surface area contributed by atoms with Crippen LogP contribution < -0.4 is 11.5 Å². The molecule has 1 aromatic carbocycles. The van der Waals surface area contributed by atoms with Crippen LogP contribution in [-0.2, 0) is 20.4 Å². The third kappa shape index (κ3) is 4.08. The Bertz CT molecular complexity index is 476. The fourth-order valence-electron chi connectivity index (χ4n) is 2.44. The lowest BCUT2D eigenvalue weighted by Gasteiger charge is -2.28. The summed E-state index contributed by atoms with van der Waals surface area (Å²) >= 11 is 0. The molecule has 4 nitrogen and oxygen atoms in total. The number of amides is 2. The van der Waals surface area contributed by atoms with E-state index in [1.54, 1.807) is 0 Å². The van der Waals surface area contributed by atoms with Crippen molar-refractivity contribution < 1.29 is 9.59 Å². The molecule has 20 heavy (non-hydrogen) atoms. The largest absolute Gasteiger partial charge is 0.370 e. The van der Waals surface area contributed by atoms with E-state index in [2.05, 4.69) is 0 Å². The van der Waals surface area contributed by atoms with Crippen LogP contribution in [0.15, 0.2) is 24.3 Å². The van der Waals surface area contributed by atoms with E-state index in [0.717, 1.165) is 11.1 Å². The van der Waals surface area contributed by atoms with Gasteiger partial charge >= 0.3 is 0 Å². The van der Waals surface area contributed by atoms with Crippen molar-refractivity contribution >= 4 is 11.8 Å². The second-order valence-electron chi connectivity index (χ2n) is 6.63. The molecular formula is C16H24N2O2. The maximum Gasteiger partial charge on any atom is 0.218 e. The van der Waals surface area contributed by atoms with Crippen LogP contribution in [0.5, 0.6) is 0 Å². The smallest absolute Gasteiger partial charge is 0.218 e. The zero-order valence-electron chi connectivity index (χ0n) is 12.7. The highest BCUT2D eigenvalue weighted by molar-refractivity contribution is 5.76. The number of nitrogens with two attached hydrogens (primary N) is 2. The topological polar surface area (TPSA) is 86.2 Å². The van der Waals surface area contributed by atoms with Gasteiger partial charge in [-0.3, -0.25) is 9.59 Å². The number of primary amides is 2. The molecule has 0 radical (unpaired) electrons. The van der Waals surface area contributed by atoms with Crippen LogP contribution in [-0.4, -0.2) is 11.8 Å². The first kappa shape index (κ1) is 16.2. The number of hydrogen-bond donors (Lipinski definition) is 2. The first-order chi connectivity index (χ1) is 9.04. The lowest BCUT2D eigenvalue weighted by molar-refractivity contribution is -0.119. The van der Waals surface area contributed by atoms with Crippen molar-refractivity contribution in [3.8, 4) is 0 Å². The molecule has 4 heteroatoms. The molecule has 0 spiro atoms. The van der Waals surface area contributed by atoms with E-state index >= 15 is 0 Å². The van der Waals surface area contributed by atoms with Gasteiger partial charge in [-0.25, -0.2) is 0 Å². The summed E-state index contributed by atoms with van der Waals surface area (Å²) in [5.41, 5.74) is 12.0. The van der Waals surface area contributed by atoms with Gasteiger partial charge in [0, 0.05) is 12.8 Å². The number of rotatable bonds is 6. The van der Waals surface area contributed by atoms with Gasteiger partial charge in [0.15, 0.2) is 0 Å². The van der Waals surface area contributed by atoms with Crippen LogP contribution in [0, 0.1) is 0 Å². The van der Waals surface area contributed by atoms with Gasteiger partial charge in [-0.15, -0.1) is 0 Å². The Hall–Kier alpha value is -1.84. The number of carbonyl (C=O) groups excluding carboxylic acids is 2. The highest BCUT2D eigenvalue weighted by atomic mass is 16.1. The third-order valence-corrected chi connectivity index (χ3v) is 3.66. The molecule has 0 unspecified atom stereocenters. The van der Waals surface area contributed by atoms with Gasteiger partial charge in [0.05, 0.1) is 0 Å². The molecule has 1 rings (SSSR count). The predicted octanol–water partition coefficient (Wildman–Crippen LogP) is 1.99. The second-order valence-corrected chi connectivity index (χ2v) is 6.63. The average molecular weight is 276 g/mol. The van der Waals surface area contributed by atoms with Crippen molar-refractivity contribution in [2.75, 3.05) is 0 Å². The first-order valence-electron chi connectivity index (χ1n) is 6.72. The van der Waals surface area contributed by atoms with E-state index in [1.165, 1.54) is 0 Å². The Morgan fingerprint density at radius 1 is 0.900 bits per heavy atom. The zero-order valence-corrected chi connectivity index (χ0v) is 12.7. The molecule has 0 bridgehead atoms. The summed E-state index contributed by atoms with van der Waals surface area (Å²) in [6, 6.07) is 7.93. The minimum absolute atomic E-state index is 0.284. The normalized spacial score (nSPS) is 12.2. The summed E-state index contributed by atoms with van der Waals surface area (Å²) in [5.74, 6) is -0.645. The first-order valence-corrected chi connectivity index (χ1v) is 6.72. The Balaban J connectivity index is 3.13. The van der Waals surface area contributed by atoms with Crippen molar-refractivity contribution in [2.45, 2.75) is 51.4 Å². The molecule has 4 N–H and O–H groups in total. The molecule has 1 aromatic rings. The fraction of sp³-hybridized carbons (Fsp3) is 0.500. The SMILES string of the molecule is CC(C)(CC(N)=O)c1cccc(C(C)(C)CC(N)=O)c1. The molecule has 0 aliphatic rings. The van der Waals surface area contributed by atoms with Crippen molar-refractivity contribution in [1.29, 1.82) is 0 Å². The van der Waals surface area contributed by atoms with Gasteiger partial charge in [-0.05, 0) is 22.0 Å². The minimum atomic E-state index is -0.329. The van der Waals surface area contributed by atoms with E-state index in [0.29, 0.717) is 0 Å². The third-order valence-electron chi connectivity index (χ3n) is 3.66. The highest BCUT2D eigenvalue weighted by Gasteiger charge is 2.27. The molecule has 0 saturated carbocycles. The average Bonchev–Trinajstić information content (AvgIpc) is 2.25. The van der Waals surface area contributed by atoms with Crippen molar-refractivity contribution in [3.63, 3.8) is 0 Å². The monoisotopic (exact) mass is 276 g/mol. The number of carbonyl (C=O) groups is 2. The molecule has 0 saturated heterocycles. The molecule has 0 fully saturated rings. The molecule has 0 aliphatic carbocycles. The standard InChI is InChI=1S/C16H24N2O2/c1-15(2,9-13(17)19)11-6-5-7-12(8-11)16(3,4)10-14(18)20/h5-8H,9-10H2,1-4H3,(H2,17,19)(H2,18,20). The molecular weight excluding hydrogens is 252 g/mol. The Morgan fingerprint density at radius 3 is 1.55 bits per heavy atom. The summed E-state index contributed by atoms with van der Waals surface area (Å²) in [5, 5.41) is 0. The summed E-state index contributed by atoms with van der Waals surface area (Å²) < 4.78 is 0. The zero-order chi connectivity index (χ0) is 15.6. The summed E-state index contributed by atoms with van der Waals surface area (Å²) in [4.78, 5) is 22.4. The predicted molar refractivity (Wildman–Crippen MR) is 80.1 cm³/mol. The molecule has 0 aromatic heterocycles. The van der Waals surface area contributed by atoms with Crippen LogP contribution in [0.3, 0.4) is 0 Å². The van der Waals surface area contributed by atoms with Crippen LogP contribution in [0.2, 0.25) is 0 Å². The summed E-state index contributed by atoms with van der Waals surface area (Å²) in [6.45, 7) is 7.94. The highest BCUT2D eigenvalue weighted by Crippen LogP contribution is 2.32. The number of benzene rings is 1. The van der Waals surface area contributed by atoms with Crippen LogP contribution in [0.4, 0.5) is 0 Å². The lowest BCUT2D eigenvalue weighted by Crippen LogP contribution is -2.28. The molecule has 110 valence electrons. The van der Waals surface area contributed by atoms with E-state index < -0.39 is 0 Å². The molecule has 0 atom stereocenters. The van der Waals surface area contributed by atoms with Gasteiger partial charge in [0.1, 0.15) is 0 Å². The summed E-state index contributed by atoms with van der Waals surface area (Å²) in [6.07, 6.45) is 0.569. The van der Waals surface area contributed by atoms with E-state index in [4.69, 9.17) is 11.5 Å². The lowest BCUT2D eigenvalue weighted by atomic mass is 9.76. The number of hydrogen-bond acceptors (Lipinski definition) is 2. The molecule has 0 aliphatic heterocycles. The Labute approximate surface area is 120 Å². The quantitative estimate of drug-likeness (QED) is 0.832. The van der Waals surface area contributed by atoms with Gasteiger partial charge in [0.2, 0.25) is 11.8 Å². The van der Waals surface area contributed by atoms with Crippen molar-refractivity contribution in [3.05, 3.63) is 35.4 Å². The van der Waals surface area contributed by atoms with Crippen LogP contribution in [0.25, 0.3) is 0 Å². The van der Waals surface area contributed by atoms with Crippen molar-refractivity contribution in [2.24, 2.45) is 11.5 Å². The fourth-order valence-corrected chi connectivity index (χ4v) is 2.44. The van der Waals surface area contributed by atoms with Crippen molar-refractivity contribution in [1.82, 2.24) is 0 Å². The van der Waals surface area contributed by atoms with Gasteiger partial charge in [-0.1, -0.05) is 52.0 Å². The maximum absolute atomic E-state index is 11.2. The van der Waals surface area contributed by atoms with Crippen LogP contribution in [0.1, 0.15) is 51.7 Å². The maximum atomic E-state index is 11.2. The summed E-state index contributed by atoms with van der Waals surface area (Å²) in [7, 11) is 0. The van der Waals surface area contributed by atoms with E-state index in [-0.39, 0.29) is 35.5 Å². The van der Waals surface area contributed by atoms with Gasteiger partial charge in [-0.2, -0.15) is 0 Å². The Morgan fingerprint density at radius 2 is 1.25 bits per heavy atom. The second kappa shape index (κ2) is 5.65. The minimum Gasteiger partial charge on any atom is -0.370 e. The van der Waals surface area contributed by atoms with Gasteiger partial charge in [0.25, 0.3) is 0 Å². The Kier molecular flexibility index (Phi) is 4.58. The molecule has 2 amide bonds. The van der Waals surface area contributed by atoms with E-state index in [1.807, 2.05) is 52.0 Å².